The molecule has 0 spiro atoms. The molecule has 0 aliphatic rings. The van der Waals surface area contributed by atoms with Crippen molar-refractivity contribution >= 4 is 43.4 Å². The molecule has 0 saturated heterocycles. The van der Waals surface area contributed by atoms with E-state index >= 15 is 0 Å². The Labute approximate surface area is 111 Å². The Morgan fingerprint density at radius 1 is 1.19 bits per heavy atom. The van der Waals surface area contributed by atoms with E-state index in [1.165, 1.54) is 5.56 Å². The smallest absolute Gasteiger partial charge is 0.144 e. The minimum Gasteiger partial charge on any atom is -0.339 e. The van der Waals surface area contributed by atoms with Crippen molar-refractivity contribution in [2.24, 2.45) is 0 Å². The number of aryl methyl sites for hydroxylation is 1. The highest BCUT2D eigenvalue weighted by molar-refractivity contribution is 9.10. The van der Waals surface area contributed by atoms with Gasteiger partial charge in [0.05, 0.1) is 4.47 Å². The van der Waals surface area contributed by atoms with Crippen molar-refractivity contribution in [2.45, 2.75) is 6.92 Å². The summed E-state index contributed by atoms with van der Waals surface area (Å²) in [7, 11) is 0. The van der Waals surface area contributed by atoms with Crippen molar-refractivity contribution in [3.8, 4) is 0 Å². The van der Waals surface area contributed by atoms with E-state index in [0.717, 1.165) is 20.5 Å². The summed E-state index contributed by atoms with van der Waals surface area (Å²) in [5.74, 6) is 0.827. The molecule has 0 radical (unpaired) electrons. The molecule has 1 aromatic heterocycles. The van der Waals surface area contributed by atoms with Crippen molar-refractivity contribution < 1.29 is 0 Å². The third-order valence-corrected chi connectivity index (χ3v) is 3.33. The summed E-state index contributed by atoms with van der Waals surface area (Å²) in [5, 5.41) is 3.29. The van der Waals surface area contributed by atoms with E-state index in [0.29, 0.717) is 0 Å². The van der Waals surface area contributed by atoms with Crippen LogP contribution < -0.4 is 5.32 Å². The van der Waals surface area contributed by atoms with Gasteiger partial charge in [-0.25, -0.2) is 4.98 Å². The van der Waals surface area contributed by atoms with Gasteiger partial charge in [0.1, 0.15) is 5.82 Å². The molecule has 1 aromatic carbocycles. The van der Waals surface area contributed by atoms with Gasteiger partial charge in [-0.3, -0.25) is 0 Å². The second-order valence-electron chi connectivity index (χ2n) is 3.42. The van der Waals surface area contributed by atoms with Gasteiger partial charge in [0.2, 0.25) is 0 Å². The standard InChI is InChI=1S/C12H10Br2N2/c1-8-7-9(13)4-5-11(8)16-12-10(14)3-2-6-15-12/h2-7H,1H3,(H,15,16). The molecule has 2 rings (SSSR count). The number of rotatable bonds is 2. The maximum absolute atomic E-state index is 4.27. The molecule has 0 aliphatic carbocycles. The number of halogens is 2. The van der Waals surface area contributed by atoms with E-state index in [-0.39, 0.29) is 0 Å². The molecule has 2 nitrogen and oxygen atoms in total. The predicted octanol–water partition coefficient (Wildman–Crippen LogP) is 4.66. The first-order valence-corrected chi connectivity index (χ1v) is 6.39. The largest absolute Gasteiger partial charge is 0.339 e. The number of hydrogen-bond donors (Lipinski definition) is 1. The molecule has 2 aromatic rings. The van der Waals surface area contributed by atoms with Crippen LogP contribution in [0.4, 0.5) is 11.5 Å². The van der Waals surface area contributed by atoms with E-state index in [1.807, 2.05) is 24.3 Å². The summed E-state index contributed by atoms with van der Waals surface area (Å²) < 4.78 is 2.04. The van der Waals surface area contributed by atoms with E-state index in [4.69, 9.17) is 0 Å². The van der Waals surface area contributed by atoms with Gasteiger partial charge >= 0.3 is 0 Å². The topological polar surface area (TPSA) is 24.9 Å². The zero-order valence-electron chi connectivity index (χ0n) is 8.67. The zero-order chi connectivity index (χ0) is 11.5. The molecular weight excluding hydrogens is 332 g/mol. The van der Waals surface area contributed by atoms with Gasteiger partial charge in [0.25, 0.3) is 0 Å². The van der Waals surface area contributed by atoms with Crippen LogP contribution in [-0.4, -0.2) is 4.98 Å². The van der Waals surface area contributed by atoms with Crippen molar-refractivity contribution in [3.05, 3.63) is 51.0 Å². The Morgan fingerprint density at radius 2 is 2.00 bits per heavy atom. The van der Waals surface area contributed by atoms with Gasteiger partial charge in [-0.1, -0.05) is 15.9 Å². The Bertz CT molecular complexity index is 512. The molecule has 4 heteroatoms. The molecule has 0 aliphatic heterocycles. The molecule has 1 N–H and O–H groups in total. The first-order valence-electron chi connectivity index (χ1n) is 4.80. The minimum atomic E-state index is 0.827. The molecule has 0 bridgehead atoms. The molecule has 0 saturated carbocycles. The average molecular weight is 342 g/mol. The first-order chi connectivity index (χ1) is 7.66. The van der Waals surface area contributed by atoms with E-state index in [9.17, 15) is 0 Å². The molecule has 1 heterocycles. The van der Waals surface area contributed by atoms with Crippen LogP contribution in [0.3, 0.4) is 0 Å². The van der Waals surface area contributed by atoms with Crippen molar-refractivity contribution in [2.75, 3.05) is 5.32 Å². The maximum Gasteiger partial charge on any atom is 0.144 e. The maximum atomic E-state index is 4.27. The average Bonchev–Trinajstić information content (AvgIpc) is 2.25. The molecule has 0 fully saturated rings. The highest BCUT2D eigenvalue weighted by atomic mass is 79.9. The molecule has 0 unspecified atom stereocenters. The number of anilines is 2. The first kappa shape index (κ1) is 11.6. The highest BCUT2D eigenvalue weighted by Crippen LogP contribution is 2.26. The van der Waals surface area contributed by atoms with Gasteiger partial charge in [-0.2, -0.15) is 0 Å². The third-order valence-electron chi connectivity index (χ3n) is 2.20. The second kappa shape index (κ2) is 4.97. The van der Waals surface area contributed by atoms with Gasteiger partial charge < -0.3 is 5.32 Å². The van der Waals surface area contributed by atoms with Crippen LogP contribution in [0, 0.1) is 6.92 Å². The lowest BCUT2D eigenvalue weighted by Crippen LogP contribution is -1.96. The fourth-order valence-corrected chi connectivity index (χ4v) is 2.20. The highest BCUT2D eigenvalue weighted by Gasteiger charge is 2.03. The Hall–Kier alpha value is -0.870. The fraction of sp³-hybridized carbons (Fsp3) is 0.0833. The summed E-state index contributed by atoms with van der Waals surface area (Å²) in [6.45, 7) is 2.06. The van der Waals surface area contributed by atoms with Gasteiger partial charge in [-0.05, 0) is 58.7 Å². The van der Waals surface area contributed by atoms with Crippen molar-refractivity contribution in [3.63, 3.8) is 0 Å². The minimum absolute atomic E-state index is 0.827. The molecule has 0 amide bonds. The molecule has 82 valence electrons. The number of nitrogens with zero attached hydrogens (tertiary/aromatic N) is 1. The van der Waals surface area contributed by atoms with Crippen molar-refractivity contribution in [1.82, 2.24) is 4.98 Å². The predicted molar refractivity (Wildman–Crippen MR) is 74.1 cm³/mol. The Balaban J connectivity index is 2.31. The van der Waals surface area contributed by atoms with Crippen LogP contribution in [0.25, 0.3) is 0 Å². The SMILES string of the molecule is Cc1cc(Br)ccc1Nc1ncccc1Br. The number of aromatic nitrogens is 1. The van der Waals surface area contributed by atoms with Crippen LogP contribution in [-0.2, 0) is 0 Å². The van der Waals surface area contributed by atoms with Crippen LogP contribution in [0.1, 0.15) is 5.56 Å². The van der Waals surface area contributed by atoms with Gasteiger partial charge in [0.15, 0.2) is 0 Å². The zero-order valence-corrected chi connectivity index (χ0v) is 11.8. The third kappa shape index (κ3) is 2.62. The Kier molecular flexibility index (Phi) is 3.61. The summed E-state index contributed by atoms with van der Waals surface area (Å²) in [6, 6.07) is 9.96. The van der Waals surface area contributed by atoms with Crippen molar-refractivity contribution in [1.29, 1.82) is 0 Å². The lowest BCUT2D eigenvalue weighted by Gasteiger charge is -2.10. The number of nitrogens with one attached hydrogen (secondary N) is 1. The summed E-state index contributed by atoms with van der Waals surface area (Å²) >= 11 is 6.90. The lowest BCUT2D eigenvalue weighted by molar-refractivity contribution is 1.28. The number of hydrogen-bond acceptors (Lipinski definition) is 2. The lowest BCUT2D eigenvalue weighted by atomic mass is 10.2. The van der Waals surface area contributed by atoms with E-state index in [1.54, 1.807) is 6.20 Å². The molecular formula is C12H10Br2N2. The van der Waals surface area contributed by atoms with Crippen LogP contribution in [0.5, 0.6) is 0 Å². The Morgan fingerprint density at radius 3 is 2.69 bits per heavy atom. The molecule has 16 heavy (non-hydrogen) atoms. The van der Waals surface area contributed by atoms with E-state index < -0.39 is 0 Å². The number of benzene rings is 1. The fourth-order valence-electron chi connectivity index (χ4n) is 1.37. The van der Waals surface area contributed by atoms with Crippen LogP contribution in [0.2, 0.25) is 0 Å². The second-order valence-corrected chi connectivity index (χ2v) is 5.19. The van der Waals surface area contributed by atoms with Gasteiger partial charge in [-0.15, -0.1) is 0 Å². The quantitative estimate of drug-likeness (QED) is 0.859. The van der Waals surface area contributed by atoms with Gasteiger partial charge in [0, 0.05) is 16.4 Å². The van der Waals surface area contributed by atoms with E-state index in [2.05, 4.69) is 55.2 Å². The summed E-state index contributed by atoms with van der Waals surface area (Å²) in [5.41, 5.74) is 2.23. The summed E-state index contributed by atoms with van der Waals surface area (Å²) in [4.78, 5) is 4.27. The number of pyridine rings is 1. The summed E-state index contributed by atoms with van der Waals surface area (Å²) in [6.07, 6.45) is 1.77. The normalized spacial score (nSPS) is 10.2. The molecule has 0 atom stereocenters. The van der Waals surface area contributed by atoms with Crippen LogP contribution in [0.15, 0.2) is 45.5 Å². The monoisotopic (exact) mass is 340 g/mol. The van der Waals surface area contributed by atoms with Crippen LogP contribution >= 0.6 is 31.9 Å².